The number of carbonyl (C=O) groups excluding carboxylic acids is 2. The molecule has 3 aliphatic carbocycles. The zero-order valence-electron chi connectivity index (χ0n) is 31.7. The molecule has 0 unspecified atom stereocenters. The Morgan fingerprint density at radius 1 is 0.340 bits per heavy atom. The predicted octanol–water partition coefficient (Wildman–Crippen LogP) is 13.2. The molecular weight excluding hydrogens is 609 g/mol. The molecule has 7 rings (SSSR count). The second kappa shape index (κ2) is 17.3. The van der Waals surface area contributed by atoms with Crippen molar-refractivity contribution >= 4 is 33.1 Å². The minimum Gasteiger partial charge on any atom is -0.290 e. The Kier molecular flexibility index (Phi) is 12.6. The van der Waals surface area contributed by atoms with Crippen LogP contribution in [0.3, 0.4) is 0 Å². The maximum Gasteiger partial charge on any atom is 0.211 e. The van der Waals surface area contributed by atoms with Crippen molar-refractivity contribution in [1.29, 1.82) is 0 Å². The molecule has 2 bridgehead atoms. The van der Waals surface area contributed by atoms with E-state index in [9.17, 15) is 9.59 Å². The molecule has 4 aromatic carbocycles. The van der Waals surface area contributed by atoms with E-state index in [2.05, 4.69) is 76.2 Å². The Hall–Kier alpha value is -3.26. The molecule has 0 atom stereocenters. The van der Waals surface area contributed by atoms with Gasteiger partial charge in [-0.2, -0.15) is 0 Å². The second-order valence-corrected chi connectivity index (χ2v) is 15.7. The Labute approximate surface area is 302 Å². The number of benzene rings is 4. The maximum atomic E-state index is 13.8. The van der Waals surface area contributed by atoms with E-state index in [1.807, 2.05) is 0 Å². The fourth-order valence-corrected chi connectivity index (χ4v) is 9.04. The van der Waals surface area contributed by atoms with Gasteiger partial charge in [0.1, 0.15) is 0 Å². The summed E-state index contributed by atoms with van der Waals surface area (Å²) in [7, 11) is 0. The van der Waals surface area contributed by atoms with Gasteiger partial charge >= 0.3 is 0 Å². The van der Waals surface area contributed by atoms with Gasteiger partial charge in [0.05, 0.1) is 11.8 Å². The molecule has 0 radical (unpaired) electrons. The van der Waals surface area contributed by atoms with Crippen LogP contribution in [0, 0.1) is 0 Å². The van der Waals surface area contributed by atoms with Crippen molar-refractivity contribution in [2.24, 2.45) is 0 Å². The zero-order chi connectivity index (χ0) is 35.0. The molecule has 4 aromatic rings. The van der Waals surface area contributed by atoms with E-state index in [0.29, 0.717) is 0 Å². The van der Waals surface area contributed by atoms with Gasteiger partial charge in [-0.05, 0) is 142 Å². The molecule has 0 saturated heterocycles. The Morgan fingerprint density at radius 2 is 0.580 bits per heavy atom. The smallest absolute Gasteiger partial charge is 0.211 e. The van der Waals surface area contributed by atoms with Crippen LogP contribution in [0.25, 0.3) is 21.5 Å². The number of hydrogen-bond donors (Lipinski definition) is 0. The maximum absolute atomic E-state index is 13.8. The zero-order valence-corrected chi connectivity index (χ0v) is 31.7. The van der Waals surface area contributed by atoms with Crippen LogP contribution in [0.5, 0.6) is 0 Å². The molecule has 0 N–H and O–H groups in total. The first-order valence-corrected chi connectivity index (χ1v) is 20.8. The van der Waals surface area contributed by atoms with Crippen LogP contribution in [0.4, 0.5) is 0 Å². The Bertz CT molecular complexity index is 1560. The first-order chi connectivity index (χ1) is 24.5. The SMILES string of the molecule is CCCCCCc1cc2cc3c(cc2cc1CCCCCC)C1C(=O)C(=O)C3c2cc3cc(CCCCCC)c(CCCCCC)cc3cc21. The lowest BCUT2D eigenvalue weighted by atomic mass is 9.61. The largest absolute Gasteiger partial charge is 0.290 e. The van der Waals surface area contributed by atoms with Crippen LogP contribution in [0.15, 0.2) is 48.5 Å². The van der Waals surface area contributed by atoms with Crippen LogP contribution >= 0.6 is 0 Å². The van der Waals surface area contributed by atoms with Crippen molar-refractivity contribution in [3.05, 3.63) is 93.0 Å². The minimum atomic E-state index is -0.491. The van der Waals surface area contributed by atoms with Crippen molar-refractivity contribution in [3.63, 3.8) is 0 Å². The molecule has 0 aliphatic heterocycles. The summed E-state index contributed by atoms with van der Waals surface area (Å²) in [6.07, 6.45) is 24.7. The molecule has 2 nitrogen and oxygen atoms in total. The van der Waals surface area contributed by atoms with Gasteiger partial charge in [-0.1, -0.05) is 129 Å². The number of ketones is 2. The number of hydrogen-bond acceptors (Lipinski definition) is 2. The molecule has 0 aromatic heterocycles. The summed E-state index contributed by atoms with van der Waals surface area (Å²) >= 11 is 0. The van der Waals surface area contributed by atoms with E-state index in [1.54, 1.807) is 0 Å². The summed E-state index contributed by atoms with van der Waals surface area (Å²) in [5.74, 6) is -1.41. The third-order valence-corrected chi connectivity index (χ3v) is 11.9. The molecule has 0 heterocycles. The highest BCUT2D eigenvalue weighted by Crippen LogP contribution is 2.51. The van der Waals surface area contributed by atoms with E-state index >= 15 is 0 Å². The topological polar surface area (TPSA) is 34.1 Å². The number of fused-ring (bicyclic) bond motifs is 3. The lowest BCUT2D eigenvalue weighted by molar-refractivity contribution is -0.138. The predicted molar refractivity (Wildman–Crippen MR) is 213 cm³/mol. The summed E-state index contributed by atoms with van der Waals surface area (Å²) in [5, 5.41) is 4.90. The van der Waals surface area contributed by atoms with Gasteiger partial charge in [-0.25, -0.2) is 0 Å². The highest BCUT2D eigenvalue weighted by atomic mass is 16.2. The van der Waals surface area contributed by atoms with Crippen LogP contribution in [-0.4, -0.2) is 11.6 Å². The van der Waals surface area contributed by atoms with Gasteiger partial charge in [-0.3, -0.25) is 9.59 Å². The quantitative estimate of drug-likeness (QED) is 0.0693. The third kappa shape index (κ3) is 7.80. The normalized spacial score (nSPS) is 16.5. The highest BCUT2D eigenvalue weighted by molar-refractivity contribution is 6.45. The van der Waals surface area contributed by atoms with Crippen LogP contribution in [0.1, 0.15) is 187 Å². The van der Waals surface area contributed by atoms with E-state index in [1.165, 1.54) is 147 Å². The molecule has 0 spiro atoms. The molecule has 0 fully saturated rings. The van der Waals surface area contributed by atoms with Gasteiger partial charge in [0.25, 0.3) is 0 Å². The number of Topliss-reactive ketones (excluding diaryl/α,β-unsaturated/α-hetero) is 2. The fraction of sp³-hybridized carbons (Fsp3) is 0.542. The van der Waals surface area contributed by atoms with Crippen molar-refractivity contribution < 1.29 is 9.59 Å². The number of carbonyl (C=O) groups is 2. The molecule has 3 aliphatic rings. The third-order valence-electron chi connectivity index (χ3n) is 11.9. The van der Waals surface area contributed by atoms with E-state index in [4.69, 9.17) is 0 Å². The van der Waals surface area contributed by atoms with Crippen LogP contribution < -0.4 is 0 Å². The van der Waals surface area contributed by atoms with Gasteiger partial charge in [0.2, 0.25) is 11.6 Å². The molecule has 266 valence electrons. The Morgan fingerprint density at radius 3 is 0.800 bits per heavy atom. The average molecular weight is 671 g/mol. The van der Waals surface area contributed by atoms with E-state index in [0.717, 1.165) is 47.9 Å². The van der Waals surface area contributed by atoms with E-state index in [-0.39, 0.29) is 11.6 Å². The fourth-order valence-electron chi connectivity index (χ4n) is 9.04. The highest BCUT2D eigenvalue weighted by Gasteiger charge is 2.49. The molecule has 2 heteroatoms. The van der Waals surface area contributed by atoms with E-state index < -0.39 is 11.8 Å². The molecule has 0 saturated carbocycles. The van der Waals surface area contributed by atoms with Gasteiger partial charge in [0, 0.05) is 0 Å². The van der Waals surface area contributed by atoms with Crippen LogP contribution in [-0.2, 0) is 35.3 Å². The first kappa shape index (κ1) is 36.5. The summed E-state index contributed by atoms with van der Waals surface area (Å²) < 4.78 is 0. The molecular formula is C48H62O2. The number of aryl methyl sites for hydroxylation is 4. The number of rotatable bonds is 20. The summed E-state index contributed by atoms with van der Waals surface area (Å²) in [4.78, 5) is 27.7. The summed E-state index contributed by atoms with van der Waals surface area (Å²) in [5.41, 5.74) is 10.2. The van der Waals surface area contributed by atoms with Crippen LogP contribution in [0.2, 0.25) is 0 Å². The summed E-state index contributed by atoms with van der Waals surface area (Å²) in [6, 6.07) is 18.9. The molecule has 50 heavy (non-hydrogen) atoms. The second-order valence-electron chi connectivity index (χ2n) is 15.7. The van der Waals surface area contributed by atoms with Gasteiger partial charge in [0.15, 0.2) is 0 Å². The van der Waals surface area contributed by atoms with Crippen molar-refractivity contribution in [1.82, 2.24) is 0 Å². The standard InChI is InChI=1S/C48H62O2/c1-5-9-13-17-21-33-25-37-29-41-42(30-38(37)26-34(33)22-18-14-10-6-2)46-44-32-40-28-36(24-20-16-12-8-4)35(23-19-15-11-7-3)27-39(40)31-43(44)45(41)47(49)48(46)50/h25-32,45-46H,5-24H2,1-4H3. The minimum absolute atomic E-state index is 0.214. The average Bonchev–Trinajstić information content (AvgIpc) is 3.12. The lowest BCUT2D eigenvalue weighted by Gasteiger charge is -2.38. The van der Waals surface area contributed by atoms with Crippen molar-refractivity contribution in [2.45, 2.75) is 168 Å². The first-order valence-electron chi connectivity index (χ1n) is 20.8. The molecule has 0 amide bonds. The Balaban J connectivity index is 1.40. The van der Waals surface area contributed by atoms with Crippen molar-refractivity contribution in [3.8, 4) is 0 Å². The summed E-state index contributed by atoms with van der Waals surface area (Å²) in [6.45, 7) is 9.11. The number of unbranched alkanes of at least 4 members (excludes halogenated alkanes) is 12. The lowest BCUT2D eigenvalue weighted by Crippen LogP contribution is -2.40. The van der Waals surface area contributed by atoms with Gasteiger partial charge < -0.3 is 0 Å². The monoisotopic (exact) mass is 670 g/mol. The van der Waals surface area contributed by atoms with Crippen molar-refractivity contribution in [2.75, 3.05) is 0 Å². The van der Waals surface area contributed by atoms with Gasteiger partial charge in [-0.15, -0.1) is 0 Å².